The lowest BCUT2D eigenvalue weighted by molar-refractivity contribution is -0.113. The molecule has 4 nitrogen and oxygen atoms in total. The molecule has 5 rings (SSSR count). The number of halogens is 1. The zero-order chi connectivity index (χ0) is 25.4. The Labute approximate surface area is 215 Å². The van der Waals surface area contributed by atoms with E-state index in [2.05, 4.69) is 38.7 Å². The molecule has 0 aliphatic carbocycles. The first-order valence-electron chi connectivity index (χ1n) is 12.0. The molecule has 0 saturated carbocycles. The van der Waals surface area contributed by atoms with Crippen LogP contribution >= 0.6 is 11.8 Å². The quantitative estimate of drug-likeness (QED) is 0.347. The smallest absolute Gasteiger partial charge is 0.271 e. The number of likely N-dealkylation sites (N-methyl/N-ethyl adjacent to an activating group) is 1. The summed E-state index contributed by atoms with van der Waals surface area (Å²) in [5.74, 6) is -0.570. The van der Waals surface area contributed by atoms with Crippen LogP contribution in [0.2, 0.25) is 0 Å². The molecule has 2 heterocycles. The standard InChI is InChI=1S/C30H28FN3OS/c1-5-33-26-18-25(31)21(16-24(26)20(2)19-30(33,3)4)17-27-28(35)34(23-14-10-7-11-15-23)29(36-27)32-22-12-8-6-9-13-22/h6-19H,5H2,1-4H3/b27-17+,32-29?. The summed E-state index contributed by atoms with van der Waals surface area (Å²) in [7, 11) is 0. The van der Waals surface area contributed by atoms with E-state index in [0.29, 0.717) is 15.6 Å². The fourth-order valence-electron chi connectivity index (χ4n) is 4.91. The molecule has 0 aromatic heterocycles. The van der Waals surface area contributed by atoms with Gasteiger partial charge in [-0.1, -0.05) is 42.5 Å². The Hall–Kier alpha value is -3.64. The van der Waals surface area contributed by atoms with Gasteiger partial charge in [-0.15, -0.1) is 0 Å². The maximum absolute atomic E-state index is 15.5. The van der Waals surface area contributed by atoms with Gasteiger partial charge in [0.05, 0.1) is 21.8 Å². The van der Waals surface area contributed by atoms with Crippen molar-refractivity contribution in [1.29, 1.82) is 0 Å². The summed E-state index contributed by atoms with van der Waals surface area (Å²) >= 11 is 1.26. The molecule has 3 aromatic rings. The summed E-state index contributed by atoms with van der Waals surface area (Å²) in [4.78, 5) is 22.5. The van der Waals surface area contributed by atoms with Crippen LogP contribution in [0.15, 0.2) is 88.8 Å². The number of nitrogens with zero attached hydrogens (tertiary/aromatic N) is 3. The van der Waals surface area contributed by atoms with Gasteiger partial charge < -0.3 is 4.90 Å². The zero-order valence-corrected chi connectivity index (χ0v) is 21.6. The number of allylic oxidation sites excluding steroid dienone is 1. The number of rotatable bonds is 4. The second-order valence-electron chi connectivity index (χ2n) is 9.43. The third-order valence-corrected chi connectivity index (χ3v) is 7.47. The minimum absolute atomic E-state index is 0.200. The Kier molecular flexibility index (Phi) is 6.31. The molecule has 182 valence electrons. The van der Waals surface area contributed by atoms with Crippen molar-refractivity contribution in [2.45, 2.75) is 33.2 Å². The van der Waals surface area contributed by atoms with E-state index >= 15 is 4.39 Å². The molecule has 3 aromatic carbocycles. The number of carbonyl (C=O) groups is 1. The van der Waals surface area contributed by atoms with Gasteiger partial charge in [-0.3, -0.25) is 9.69 Å². The van der Waals surface area contributed by atoms with Gasteiger partial charge in [-0.2, -0.15) is 0 Å². The van der Waals surface area contributed by atoms with E-state index in [0.717, 1.165) is 34.7 Å². The van der Waals surface area contributed by atoms with Crippen LogP contribution in [-0.2, 0) is 4.79 Å². The van der Waals surface area contributed by atoms with Crippen molar-refractivity contribution >= 4 is 51.5 Å². The molecule has 36 heavy (non-hydrogen) atoms. The monoisotopic (exact) mass is 497 g/mol. The molecule has 0 N–H and O–H groups in total. The highest BCUT2D eigenvalue weighted by molar-refractivity contribution is 8.19. The van der Waals surface area contributed by atoms with Crippen molar-refractivity contribution in [2.24, 2.45) is 4.99 Å². The average Bonchev–Trinajstić information content (AvgIpc) is 3.15. The minimum atomic E-state index is -0.349. The molecule has 1 fully saturated rings. The van der Waals surface area contributed by atoms with Crippen molar-refractivity contribution in [3.63, 3.8) is 0 Å². The van der Waals surface area contributed by atoms with Crippen molar-refractivity contribution in [2.75, 3.05) is 16.3 Å². The number of anilines is 2. The van der Waals surface area contributed by atoms with Crippen molar-refractivity contribution in [1.82, 2.24) is 0 Å². The minimum Gasteiger partial charge on any atom is -0.363 e. The van der Waals surface area contributed by atoms with Crippen LogP contribution in [0, 0.1) is 5.82 Å². The Morgan fingerprint density at radius 2 is 1.69 bits per heavy atom. The van der Waals surface area contributed by atoms with Crippen LogP contribution in [0.5, 0.6) is 0 Å². The molecular formula is C30H28FN3OS. The van der Waals surface area contributed by atoms with Crippen LogP contribution in [0.3, 0.4) is 0 Å². The Balaban J connectivity index is 1.59. The summed E-state index contributed by atoms with van der Waals surface area (Å²) in [6.07, 6.45) is 3.86. The first-order valence-corrected chi connectivity index (χ1v) is 12.8. The first-order chi connectivity index (χ1) is 17.3. The van der Waals surface area contributed by atoms with Crippen LogP contribution in [0.4, 0.5) is 21.5 Å². The molecule has 2 aliphatic heterocycles. The normalized spacial score (nSPS) is 19.1. The second-order valence-corrected chi connectivity index (χ2v) is 10.4. The fraction of sp³-hybridized carbons (Fsp3) is 0.200. The van der Waals surface area contributed by atoms with Gasteiger partial charge in [0.1, 0.15) is 5.82 Å². The van der Waals surface area contributed by atoms with Gasteiger partial charge in [0.25, 0.3) is 5.91 Å². The van der Waals surface area contributed by atoms with E-state index in [9.17, 15) is 4.79 Å². The number of amides is 1. The lowest BCUT2D eigenvalue weighted by Crippen LogP contribution is -2.45. The Morgan fingerprint density at radius 1 is 1.03 bits per heavy atom. The van der Waals surface area contributed by atoms with Gasteiger partial charge in [-0.25, -0.2) is 9.38 Å². The lowest BCUT2D eigenvalue weighted by Gasteiger charge is -2.42. The summed E-state index contributed by atoms with van der Waals surface area (Å²) in [5, 5.41) is 0.539. The van der Waals surface area contributed by atoms with E-state index in [-0.39, 0.29) is 17.3 Å². The van der Waals surface area contributed by atoms with Gasteiger partial charge >= 0.3 is 0 Å². The first kappa shape index (κ1) is 24.1. The molecule has 6 heteroatoms. The summed E-state index contributed by atoms with van der Waals surface area (Å²) in [6, 6.07) is 22.4. The third-order valence-electron chi connectivity index (χ3n) is 6.50. The lowest BCUT2D eigenvalue weighted by atomic mass is 9.88. The molecule has 0 spiro atoms. The number of aliphatic imine (C=N–C) groups is 1. The maximum Gasteiger partial charge on any atom is 0.271 e. The van der Waals surface area contributed by atoms with Gasteiger partial charge in [0.15, 0.2) is 5.17 Å². The second kappa shape index (κ2) is 9.43. The molecule has 0 atom stereocenters. The number of para-hydroxylation sites is 2. The van der Waals surface area contributed by atoms with E-state index in [1.54, 1.807) is 17.0 Å². The van der Waals surface area contributed by atoms with E-state index in [4.69, 9.17) is 4.99 Å². The molecule has 0 radical (unpaired) electrons. The number of amidine groups is 1. The maximum atomic E-state index is 15.5. The SMILES string of the molecule is CCN1c2cc(F)c(/C=C3/SC(=Nc4ccccc4)N(c4ccccc4)C3=O)cc2C(C)=CC1(C)C. The largest absolute Gasteiger partial charge is 0.363 e. The number of carbonyl (C=O) groups excluding carboxylic acids is 1. The fourth-order valence-corrected chi connectivity index (χ4v) is 5.90. The number of benzene rings is 3. The number of thioether (sulfide) groups is 1. The van der Waals surface area contributed by atoms with Crippen molar-refractivity contribution in [3.8, 4) is 0 Å². The third kappa shape index (κ3) is 4.37. The number of hydrogen-bond donors (Lipinski definition) is 0. The molecule has 2 aliphatic rings. The average molecular weight is 498 g/mol. The van der Waals surface area contributed by atoms with Gasteiger partial charge in [-0.05, 0) is 87.5 Å². The van der Waals surface area contributed by atoms with Crippen LogP contribution < -0.4 is 9.80 Å². The van der Waals surface area contributed by atoms with Gasteiger partial charge in [0.2, 0.25) is 0 Å². The predicted molar refractivity (Wildman–Crippen MR) is 150 cm³/mol. The van der Waals surface area contributed by atoms with Crippen LogP contribution in [0.25, 0.3) is 11.6 Å². The molecular weight excluding hydrogens is 469 g/mol. The molecule has 1 amide bonds. The topological polar surface area (TPSA) is 35.9 Å². The predicted octanol–water partition coefficient (Wildman–Crippen LogP) is 7.66. The summed E-state index contributed by atoms with van der Waals surface area (Å²) < 4.78 is 15.5. The van der Waals surface area contributed by atoms with Crippen molar-refractivity contribution < 1.29 is 9.18 Å². The van der Waals surface area contributed by atoms with Gasteiger partial charge in [0, 0.05) is 23.4 Å². The Bertz CT molecular complexity index is 1410. The highest BCUT2D eigenvalue weighted by Crippen LogP contribution is 2.42. The number of hydrogen-bond acceptors (Lipinski definition) is 4. The van der Waals surface area contributed by atoms with Crippen LogP contribution in [-0.4, -0.2) is 23.2 Å². The summed E-state index contributed by atoms with van der Waals surface area (Å²) in [6.45, 7) is 9.17. The van der Waals surface area contributed by atoms with E-state index < -0.39 is 0 Å². The molecule has 1 saturated heterocycles. The van der Waals surface area contributed by atoms with Crippen LogP contribution in [0.1, 0.15) is 38.8 Å². The van der Waals surface area contributed by atoms with E-state index in [1.807, 2.05) is 66.7 Å². The summed E-state index contributed by atoms with van der Waals surface area (Å²) in [5.41, 5.74) is 4.62. The highest BCUT2D eigenvalue weighted by atomic mass is 32.2. The zero-order valence-electron chi connectivity index (χ0n) is 20.8. The van der Waals surface area contributed by atoms with Crippen molar-refractivity contribution in [3.05, 3.63) is 101 Å². The highest BCUT2D eigenvalue weighted by Gasteiger charge is 2.35. The molecule has 0 unspecified atom stereocenters. The number of fused-ring (bicyclic) bond motifs is 1. The molecule has 0 bridgehead atoms. The Morgan fingerprint density at radius 3 is 2.36 bits per heavy atom. The van der Waals surface area contributed by atoms with E-state index in [1.165, 1.54) is 11.8 Å².